The van der Waals surface area contributed by atoms with Gasteiger partial charge in [0.2, 0.25) is 0 Å². The fourth-order valence-electron chi connectivity index (χ4n) is 3.87. The Bertz CT molecular complexity index is 1340. The average Bonchev–Trinajstić information content (AvgIpc) is 3.36. The van der Waals surface area contributed by atoms with Gasteiger partial charge in [-0.3, -0.25) is 14.9 Å². The van der Waals surface area contributed by atoms with Crippen molar-refractivity contribution in [1.29, 1.82) is 0 Å². The van der Waals surface area contributed by atoms with Crippen molar-refractivity contribution in [1.82, 2.24) is 20.5 Å². The van der Waals surface area contributed by atoms with E-state index in [1.54, 1.807) is 6.07 Å². The van der Waals surface area contributed by atoms with Gasteiger partial charge in [-0.2, -0.15) is 5.10 Å². The average molecular weight is 496 g/mol. The summed E-state index contributed by atoms with van der Waals surface area (Å²) in [5.41, 5.74) is 1.30. The number of pyridine rings is 1. The minimum absolute atomic E-state index is 0.0106. The quantitative estimate of drug-likeness (QED) is 0.326. The van der Waals surface area contributed by atoms with Gasteiger partial charge in [0.05, 0.1) is 35.3 Å². The highest BCUT2D eigenvalue weighted by molar-refractivity contribution is 6.01. The Morgan fingerprint density at radius 3 is 2.53 bits per heavy atom. The molecule has 2 aromatic carbocycles. The zero-order valence-corrected chi connectivity index (χ0v) is 19.2. The molecule has 0 fully saturated rings. The van der Waals surface area contributed by atoms with E-state index in [4.69, 9.17) is 4.74 Å². The number of ether oxygens (including phenoxy) is 1. The molecule has 2 atom stereocenters. The number of rotatable bonds is 9. The predicted octanol–water partition coefficient (Wildman–Crippen LogP) is 3.90. The second-order valence-corrected chi connectivity index (χ2v) is 8.01. The highest BCUT2D eigenvalue weighted by Gasteiger charge is 2.27. The number of benzene rings is 2. The number of hydrogen-bond acceptors (Lipinski definition) is 5. The summed E-state index contributed by atoms with van der Waals surface area (Å²) in [5, 5.41) is 19.4. The van der Waals surface area contributed by atoms with E-state index >= 15 is 0 Å². The second kappa shape index (κ2) is 11.1. The molecule has 0 bridgehead atoms. The molecule has 0 saturated heterocycles. The topological polar surface area (TPSA) is 100 Å². The summed E-state index contributed by atoms with van der Waals surface area (Å²) in [5.74, 6) is -2.31. The van der Waals surface area contributed by atoms with Gasteiger partial charge < -0.3 is 15.2 Å². The van der Waals surface area contributed by atoms with Crippen LogP contribution in [0.4, 0.5) is 13.2 Å². The van der Waals surface area contributed by atoms with Crippen LogP contribution in [0.5, 0.6) is 0 Å². The zero-order valence-electron chi connectivity index (χ0n) is 19.2. The number of aromatic amines is 1. The van der Waals surface area contributed by atoms with Crippen molar-refractivity contribution in [2.24, 2.45) is 0 Å². The minimum Gasteiger partial charge on any atom is -0.394 e. The molecular formula is C26H23F3N4O3. The van der Waals surface area contributed by atoms with Crippen molar-refractivity contribution < 1.29 is 27.8 Å². The first-order chi connectivity index (χ1) is 17.4. The van der Waals surface area contributed by atoms with Crippen LogP contribution in [0, 0.1) is 17.5 Å². The largest absolute Gasteiger partial charge is 0.394 e. The van der Waals surface area contributed by atoms with Gasteiger partial charge in [-0.1, -0.05) is 6.07 Å². The van der Waals surface area contributed by atoms with Crippen LogP contribution in [0.25, 0.3) is 22.5 Å². The molecular weight excluding hydrogens is 473 g/mol. The molecule has 0 unspecified atom stereocenters. The molecule has 0 spiro atoms. The molecule has 0 saturated carbocycles. The van der Waals surface area contributed by atoms with E-state index in [1.807, 2.05) is 0 Å². The SMILES string of the molecule is CO[C@H](CO)[C@@H](Cc1ncccc1F)NC(=O)c1cccc(F)c1-c1cc(-c2ccc(F)cc2)n[nH]1. The Kier molecular flexibility index (Phi) is 7.77. The van der Waals surface area contributed by atoms with Crippen molar-refractivity contribution in [2.45, 2.75) is 18.6 Å². The van der Waals surface area contributed by atoms with Gasteiger partial charge in [0, 0.05) is 30.9 Å². The number of nitrogens with zero attached hydrogens (tertiary/aromatic N) is 2. The highest BCUT2D eigenvalue weighted by Crippen LogP contribution is 2.29. The van der Waals surface area contributed by atoms with Crippen LogP contribution in [0.3, 0.4) is 0 Å². The van der Waals surface area contributed by atoms with Crippen molar-refractivity contribution in [3.8, 4) is 22.5 Å². The number of nitrogens with one attached hydrogen (secondary N) is 2. The molecule has 2 heterocycles. The van der Waals surface area contributed by atoms with Gasteiger partial charge in [0.15, 0.2) is 0 Å². The number of carbonyl (C=O) groups excluding carboxylic acids is 1. The highest BCUT2D eigenvalue weighted by atomic mass is 19.1. The molecule has 186 valence electrons. The molecule has 0 aliphatic rings. The van der Waals surface area contributed by atoms with E-state index in [1.165, 1.54) is 67.9 Å². The molecule has 4 aromatic rings. The lowest BCUT2D eigenvalue weighted by molar-refractivity contribution is 0.0212. The van der Waals surface area contributed by atoms with E-state index in [2.05, 4.69) is 20.5 Å². The number of halogens is 3. The predicted molar refractivity (Wildman–Crippen MR) is 126 cm³/mol. The summed E-state index contributed by atoms with van der Waals surface area (Å²) in [6.45, 7) is -0.451. The van der Waals surface area contributed by atoms with Gasteiger partial charge in [0.25, 0.3) is 5.91 Å². The molecule has 0 radical (unpaired) electrons. The summed E-state index contributed by atoms with van der Waals surface area (Å²) in [7, 11) is 1.35. The first-order valence-electron chi connectivity index (χ1n) is 11.1. The van der Waals surface area contributed by atoms with E-state index in [9.17, 15) is 23.1 Å². The molecule has 36 heavy (non-hydrogen) atoms. The second-order valence-electron chi connectivity index (χ2n) is 8.01. The Hall–Kier alpha value is -4.02. The number of hydrogen-bond donors (Lipinski definition) is 3. The fraction of sp³-hybridized carbons (Fsp3) is 0.192. The fourth-order valence-corrected chi connectivity index (χ4v) is 3.87. The van der Waals surface area contributed by atoms with E-state index in [0.29, 0.717) is 11.3 Å². The molecule has 4 rings (SSSR count). The van der Waals surface area contributed by atoms with Gasteiger partial charge in [-0.05, 0) is 54.6 Å². The molecule has 7 nitrogen and oxygen atoms in total. The van der Waals surface area contributed by atoms with Crippen molar-refractivity contribution in [2.75, 3.05) is 13.7 Å². The lowest BCUT2D eigenvalue weighted by Crippen LogP contribution is -2.47. The summed E-state index contributed by atoms with van der Waals surface area (Å²) in [6, 6.07) is 13.0. The van der Waals surface area contributed by atoms with Crippen molar-refractivity contribution in [3.05, 3.63) is 95.6 Å². The Morgan fingerprint density at radius 1 is 1.08 bits per heavy atom. The Labute approximate surface area is 205 Å². The number of carbonyl (C=O) groups is 1. The first-order valence-corrected chi connectivity index (χ1v) is 11.1. The number of methoxy groups -OCH3 is 1. The molecule has 10 heteroatoms. The van der Waals surface area contributed by atoms with Crippen LogP contribution in [-0.2, 0) is 11.2 Å². The molecule has 0 aliphatic heterocycles. The number of aliphatic hydroxyl groups is 1. The number of aromatic nitrogens is 3. The molecule has 1 amide bonds. The summed E-state index contributed by atoms with van der Waals surface area (Å²) in [4.78, 5) is 17.3. The Morgan fingerprint density at radius 2 is 1.83 bits per heavy atom. The van der Waals surface area contributed by atoms with Gasteiger partial charge in [0.1, 0.15) is 23.6 Å². The number of H-pyrrole nitrogens is 1. The van der Waals surface area contributed by atoms with E-state index in [0.717, 1.165) is 0 Å². The monoisotopic (exact) mass is 496 g/mol. The van der Waals surface area contributed by atoms with E-state index in [-0.39, 0.29) is 28.9 Å². The first kappa shape index (κ1) is 25.1. The van der Waals surface area contributed by atoms with Gasteiger partial charge in [-0.15, -0.1) is 0 Å². The zero-order chi connectivity index (χ0) is 25.7. The minimum atomic E-state index is -0.871. The van der Waals surface area contributed by atoms with Crippen LogP contribution < -0.4 is 5.32 Å². The van der Waals surface area contributed by atoms with Gasteiger partial charge in [-0.25, -0.2) is 13.2 Å². The maximum atomic E-state index is 15.0. The lowest BCUT2D eigenvalue weighted by atomic mass is 10.00. The van der Waals surface area contributed by atoms with Crippen molar-refractivity contribution in [3.63, 3.8) is 0 Å². The smallest absolute Gasteiger partial charge is 0.252 e. The third-order valence-corrected chi connectivity index (χ3v) is 5.74. The maximum absolute atomic E-state index is 15.0. The van der Waals surface area contributed by atoms with Crippen LogP contribution in [0.1, 0.15) is 16.1 Å². The number of amides is 1. The van der Waals surface area contributed by atoms with Crippen LogP contribution in [0.2, 0.25) is 0 Å². The third-order valence-electron chi connectivity index (χ3n) is 5.74. The molecule has 3 N–H and O–H groups in total. The standard InChI is InChI=1S/C26H23F3N4O3/c1-36-24(14-34)22(13-21-18(28)6-3-11-30-21)31-26(35)17-4-2-5-19(29)25(17)23-12-20(32-33-23)15-7-9-16(27)10-8-15/h2-12,22,24,34H,13-14H2,1H3,(H,31,35)(H,32,33)/t22-,24-/m1/s1. The lowest BCUT2D eigenvalue weighted by Gasteiger charge is -2.26. The maximum Gasteiger partial charge on any atom is 0.252 e. The van der Waals surface area contributed by atoms with Crippen LogP contribution in [0.15, 0.2) is 66.9 Å². The van der Waals surface area contributed by atoms with Crippen LogP contribution in [-0.4, -0.2) is 52.1 Å². The summed E-state index contributed by atoms with van der Waals surface area (Å²) < 4.78 is 47.8. The number of aliphatic hydroxyl groups excluding tert-OH is 1. The normalized spacial score (nSPS) is 12.8. The molecule has 2 aromatic heterocycles. The molecule has 0 aliphatic carbocycles. The van der Waals surface area contributed by atoms with Gasteiger partial charge >= 0.3 is 0 Å². The Balaban J connectivity index is 1.65. The van der Waals surface area contributed by atoms with E-state index < -0.39 is 42.1 Å². The van der Waals surface area contributed by atoms with Crippen molar-refractivity contribution >= 4 is 5.91 Å². The summed E-state index contributed by atoms with van der Waals surface area (Å²) >= 11 is 0. The van der Waals surface area contributed by atoms with Crippen LogP contribution >= 0.6 is 0 Å². The third kappa shape index (κ3) is 5.45. The summed E-state index contributed by atoms with van der Waals surface area (Å²) in [6.07, 6.45) is 0.477.